The summed E-state index contributed by atoms with van der Waals surface area (Å²) < 4.78 is 38.8. The van der Waals surface area contributed by atoms with Gasteiger partial charge in [-0.3, -0.25) is 0 Å². The Bertz CT molecular complexity index is 404. The van der Waals surface area contributed by atoms with E-state index in [1.807, 2.05) is 25.8 Å². The summed E-state index contributed by atoms with van der Waals surface area (Å²) in [5.74, 6) is 0. The molecule has 0 aliphatic carbocycles. The van der Waals surface area contributed by atoms with Crippen LogP contribution in [0.25, 0.3) is 0 Å². The molecule has 1 rings (SSSR count). The Morgan fingerprint density at radius 3 is 2.39 bits per heavy atom. The van der Waals surface area contributed by atoms with Crippen LogP contribution in [0.3, 0.4) is 0 Å². The second-order valence-corrected chi connectivity index (χ2v) is 4.90. The molecule has 5 heteroatoms. The molecule has 0 spiro atoms. The Kier molecular flexibility index (Phi) is 5.08. The van der Waals surface area contributed by atoms with Gasteiger partial charge < -0.3 is 4.90 Å². The van der Waals surface area contributed by atoms with Gasteiger partial charge in [0.05, 0.1) is 5.56 Å². The lowest BCUT2D eigenvalue weighted by atomic mass is 10.1. The maximum absolute atomic E-state index is 12.9. The van der Waals surface area contributed by atoms with Crippen LogP contribution in [0, 0.1) is 0 Å². The summed E-state index contributed by atoms with van der Waals surface area (Å²) in [5, 5.41) is 0.204. The van der Waals surface area contributed by atoms with Crippen molar-refractivity contribution >= 4 is 21.6 Å². The zero-order chi connectivity index (χ0) is 13.9. The van der Waals surface area contributed by atoms with Gasteiger partial charge in [-0.15, -0.1) is 0 Å². The zero-order valence-electron chi connectivity index (χ0n) is 10.7. The molecule has 0 saturated heterocycles. The lowest BCUT2D eigenvalue weighted by Gasteiger charge is -2.27. The zero-order valence-corrected chi connectivity index (χ0v) is 12.3. The number of halogens is 4. The van der Waals surface area contributed by atoms with Gasteiger partial charge in [0, 0.05) is 24.1 Å². The number of anilines is 1. The summed E-state index contributed by atoms with van der Waals surface area (Å²) in [6, 6.07) is 4.70. The number of nitrogens with zero attached hydrogens (tertiary/aromatic N) is 1. The van der Waals surface area contributed by atoms with Crippen LogP contribution in [0.1, 0.15) is 31.4 Å². The van der Waals surface area contributed by atoms with Crippen molar-refractivity contribution in [2.75, 3.05) is 11.9 Å². The molecule has 1 unspecified atom stereocenters. The second-order valence-electron chi connectivity index (χ2n) is 4.34. The van der Waals surface area contributed by atoms with Crippen molar-refractivity contribution in [3.8, 4) is 0 Å². The van der Waals surface area contributed by atoms with Gasteiger partial charge >= 0.3 is 6.18 Å². The fourth-order valence-corrected chi connectivity index (χ4v) is 2.18. The third-order valence-electron chi connectivity index (χ3n) is 3.20. The molecule has 1 aromatic rings. The molecule has 0 saturated carbocycles. The van der Waals surface area contributed by atoms with E-state index in [1.54, 1.807) is 6.07 Å². The van der Waals surface area contributed by atoms with Crippen LogP contribution in [0.5, 0.6) is 0 Å². The van der Waals surface area contributed by atoms with Crippen LogP contribution < -0.4 is 4.90 Å². The van der Waals surface area contributed by atoms with Gasteiger partial charge in [-0.05, 0) is 31.0 Å². The summed E-state index contributed by atoms with van der Waals surface area (Å²) in [7, 11) is 1.82. The monoisotopic (exact) mass is 323 g/mol. The average molecular weight is 324 g/mol. The first-order valence-electron chi connectivity index (χ1n) is 5.80. The molecule has 18 heavy (non-hydrogen) atoms. The molecule has 0 heterocycles. The van der Waals surface area contributed by atoms with Gasteiger partial charge in [0.2, 0.25) is 0 Å². The fourth-order valence-electron chi connectivity index (χ4n) is 1.69. The predicted molar refractivity (Wildman–Crippen MR) is 72.2 cm³/mol. The van der Waals surface area contributed by atoms with Crippen LogP contribution in [-0.2, 0) is 11.5 Å². The van der Waals surface area contributed by atoms with Crippen molar-refractivity contribution in [2.45, 2.75) is 37.8 Å². The quantitative estimate of drug-likeness (QED) is 0.717. The largest absolute Gasteiger partial charge is 0.416 e. The van der Waals surface area contributed by atoms with E-state index in [0.29, 0.717) is 5.69 Å². The van der Waals surface area contributed by atoms with Crippen molar-refractivity contribution in [2.24, 2.45) is 0 Å². The van der Waals surface area contributed by atoms with Crippen LogP contribution in [0.2, 0.25) is 0 Å². The van der Waals surface area contributed by atoms with Gasteiger partial charge in [-0.1, -0.05) is 28.9 Å². The molecule has 0 aromatic heterocycles. The number of hydrogen-bond donors (Lipinski definition) is 0. The minimum absolute atomic E-state index is 0.204. The maximum Gasteiger partial charge on any atom is 0.416 e. The molecule has 1 aromatic carbocycles. The van der Waals surface area contributed by atoms with E-state index >= 15 is 0 Å². The first-order valence-corrected chi connectivity index (χ1v) is 6.92. The topological polar surface area (TPSA) is 3.24 Å². The third kappa shape index (κ3) is 3.40. The highest BCUT2D eigenvalue weighted by Gasteiger charge is 2.33. The molecule has 0 aliphatic heterocycles. The Balaban J connectivity index is 3.18. The van der Waals surface area contributed by atoms with Gasteiger partial charge in [-0.2, -0.15) is 13.2 Å². The second kappa shape index (κ2) is 5.95. The van der Waals surface area contributed by atoms with Crippen LogP contribution in [0.4, 0.5) is 18.9 Å². The third-order valence-corrected chi connectivity index (χ3v) is 3.81. The highest BCUT2D eigenvalue weighted by atomic mass is 79.9. The fraction of sp³-hybridized carbons (Fsp3) is 0.538. The van der Waals surface area contributed by atoms with Crippen molar-refractivity contribution in [1.29, 1.82) is 0 Å². The molecule has 0 radical (unpaired) electrons. The van der Waals surface area contributed by atoms with Crippen LogP contribution in [0.15, 0.2) is 18.2 Å². The van der Waals surface area contributed by atoms with Gasteiger partial charge in [0.25, 0.3) is 0 Å². The molecule has 0 aliphatic rings. The molecule has 1 atom stereocenters. The first-order chi connectivity index (χ1) is 8.31. The molecule has 1 nitrogen and oxygen atoms in total. The Labute approximate surface area is 114 Å². The number of alkyl halides is 4. The Hall–Kier alpha value is -0.710. The number of benzene rings is 1. The lowest BCUT2D eigenvalue weighted by molar-refractivity contribution is -0.138. The minimum atomic E-state index is -4.31. The molecule has 102 valence electrons. The molecule has 0 amide bonds. The van der Waals surface area contributed by atoms with Crippen molar-refractivity contribution < 1.29 is 13.2 Å². The summed E-state index contributed by atoms with van der Waals surface area (Å²) >= 11 is 3.09. The Morgan fingerprint density at radius 1 is 1.33 bits per heavy atom. The molecule has 0 bridgehead atoms. The summed E-state index contributed by atoms with van der Waals surface area (Å²) in [5.41, 5.74) is 0.303. The van der Waals surface area contributed by atoms with Gasteiger partial charge in [0.1, 0.15) is 0 Å². The highest BCUT2D eigenvalue weighted by molar-refractivity contribution is 9.08. The van der Waals surface area contributed by atoms with E-state index in [4.69, 9.17) is 0 Å². The average Bonchev–Trinajstić information content (AvgIpc) is 2.35. The van der Waals surface area contributed by atoms with E-state index in [2.05, 4.69) is 15.9 Å². The van der Waals surface area contributed by atoms with E-state index in [-0.39, 0.29) is 16.9 Å². The van der Waals surface area contributed by atoms with E-state index in [1.165, 1.54) is 12.1 Å². The van der Waals surface area contributed by atoms with E-state index in [9.17, 15) is 13.2 Å². The molecular formula is C13H17BrF3N. The normalized spacial score (nSPS) is 13.5. The predicted octanol–water partition coefficient (Wildman–Crippen LogP) is 4.84. The molecular weight excluding hydrogens is 307 g/mol. The van der Waals surface area contributed by atoms with Gasteiger partial charge in [0.15, 0.2) is 0 Å². The first kappa shape index (κ1) is 15.3. The van der Waals surface area contributed by atoms with Crippen molar-refractivity contribution in [3.63, 3.8) is 0 Å². The summed E-state index contributed by atoms with van der Waals surface area (Å²) in [4.78, 5) is 1.87. The molecule has 0 fully saturated rings. The Morgan fingerprint density at radius 2 is 1.94 bits per heavy atom. The minimum Gasteiger partial charge on any atom is -0.372 e. The van der Waals surface area contributed by atoms with Crippen molar-refractivity contribution in [1.82, 2.24) is 0 Å². The number of rotatable bonds is 4. The highest BCUT2D eigenvalue weighted by Crippen LogP contribution is 2.35. The maximum atomic E-state index is 12.9. The van der Waals surface area contributed by atoms with Crippen molar-refractivity contribution in [3.05, 3.63) is 29.3 Å². The lowest BCUT2D eigenvalue weighted by Crippen LogP contribution is -2.28. The van der Waals surface area contributed by atoms with E-state index in [0.717, 1.165) is 6.42 Å². The smallest absolute Gasteiger partial charge is 0.372 e. The SMILES string of the molecule is CCC(C)N(C)c1ccc(CBr)c(C(F)(F)F)c1. The van der Waals surface area contributed by atoms with Gasteiger partial charge in [-0.25, -0.2) is 0 Å². The van der Waals surface area contributed by atoms with Crippen LogP contribution >= 0.6 is 15.9 Å². The number of hydrogen-bond acceptors (Lipinski definition) is 1. The molecule has 0 N–H and O–H groups in total. The van der Waals surface area contributed by atoms with E-state index < -0.39 is 11.7 Å². The summed E-state index contributed by atoms with van der Waals surface area (Å²) in [6.07, 6.45) is -3.42. The van der Waals surface area contributed by atoms with Crippen LogP contribution in [-0.4, -0.2) is 13.1 Å². The standard InChI is InChI=1S/C13H17BrF3N/c1-4-9(2)18(3)11-6-5-10(8-14)12(7-11)13(15,16)17/h5-7,9H,4,8H2,1-3H3. The summed E-state index contributed by atoms with van der Waals surface area (Å²) in [6.45, 7) is 4.00.